The van der Waals surface area contributed by atoms with Crippen LogP contribution in [0.15, 0.2) is 36.4 Å². The Labute approximate surface area is 109 Å². The summed E-state index contributed by atoms with van der Waals surface area (Å²) in [5, 5.41) is 8.74. The molecule has 0 aliphatic heterocycles. The summed E-state index contributed by atoms with van der Waals surface area (Å²) in [6.07, 6.45) is -0.0342. The number of aryl methyl sites for hydroxylation is 1. The number of carbonyl (C=O) groups is 2. The van der Waals surface area contributed by atoms with Gasteiger partial charge in [0.05, 0.1) is 11.3 Å². The lowest BCUT2D eigenvalue weighted by Gasteiger charge is -1.98. The molecule has 0 saturated heterocycles. The summed E-state index contributed by atoms with van der Waals surface area (Å²) in [5.74, 6) is -0.926. The Hall–Kier alpha value is -1.94. The zero-order valence-electron chi connectivity index (χ0n) is 9.84. The molecular formula is C14H12O3S. The van der Waals surface area contributed by atoms with Gasteiger partial charge in [0.1, 0.15) is 0 Å². The van der Waals surface area contributed by atoms with E-state index in [1.54, 1.807) is 18.2 Å². The first kappa shape index (κ1) is 12.5. The number of carbonyl (C=O) groups excluding carboxylic acids is 1. The van der Waals surface area contributed by atoms with Gasteiger partial charge in [0, 0.05) is 10.4 Å². The summed E-state index contributed by atoms with van der Waals surface area (Å²) in [5.41, 5.74) is 1.47. The molecule has 18 heavy (non-hydrogen) atoms. The van der Waals surface area contributed by atoms with Gasteiger partial charge >= 0.3 is 5.97 Å². The molecule has 4 heteroatoms. The molecule has 0 unspecified atom stereocenters. The lowest BCUT2D eigenvalue weighted by Crippen LogP contribution is -1.99. The number of rotatable bonds is 4. The first-order chi connectivity index (χ1) is 8.58. The fraction of sp³-hybridized carbons (Fsp3) is 0.143. The van der Waals surface area contributed by atoms with Crippen molar-refractivity contribution in [3.63, 3.8) is 0 Å². The van der Waals surface area contributed by atoms with Crippen molar-refractivity contribution in [3.05, 3.63) is 57.3 Å². The van der Waals surface area contributed by atoms with Crippen molar-refractivity contribution >= 4 is 23.1 Å². The summed E-state index contributed by atoms with van der Waals surface area (Å²) in [6.45, 7) is 1.83. The molecule has 0 atom stereocenters. The van der Waals surface area contributed by atoms with E-state index in [-0.39, 0.29) is 12.2 Å². The van der Waals surface area contributed by atoms with Crippen LogP contribution in [0.4, 0.5) is 0 Å². The highest BCUT2D eigenvalue weighted by atomic mass is 32.1. The Bertz CT molecular complexity index is 584. The molecule has 0 fully saturated rings. The number of thiophene rings is 1. The molecule has 0 amide bonds. The van der Waals surface area contributed by atoms with E-state index in [4.69, 9.17) is 5.11 Å². The van der Waals surface area contributed by atoms with Crippen LogP contribution in [0, 0.1) is 6.92 Å². The summed E-state index contributed by atoms with van der Waals surface area (Å²) in [4.78, 5) is 24.2. The molecule has 1 aromatic heterocycles. The number of hydrogen-bond donors (Lipinski definition) is 1. The maximum absolute atomic E-state index is 12.2. The standard InChI is InChI=1S/C14H12O3S/c1-9-7-11(8-12(15)16)18-14(9)13(17)10-5-3-2-4-6-10/h2-7H,8H2,1H3,(H,15,16). The summed E-state index contributed by atoms with van der Waals surface area (Å²) in [7, 11) is 0. The molecule has 0 bridgehead atoms. The largest absolute Gasteiger partial charge is 0.481 e. The smallest absolute Gasteiger partial charge is 0.308 e. The highest BCUT2D eigenvalue weighted by Gasteiger charge is 2.16. The molecule has 1 N–H and O–H groups in total. The van der Waals surface area contributed by atoms with Crippen LogP contribution < -0.4 is 0 Å². The second kappa shape index (κ2) is 5.14. The Kier molecular flexibility index (Phi) is 3.58. The molecular weight excluding hydrogens is 248 g/mol. The van der Waals surface area contributed by atoms with E-state index in [1.807, 2.05) is 25.1 Å². The van der Waals surface area contributed by atoms with Crippen LogP contribution >= 0.6 is 11.3 Å². The normalized spacial score (nSPS) is 10.3. The fourth-order valence-corrected chi connectivity index (χ4v) is 2.85. The van der Waals surface area contributed by atoms with Crippen LogP contribution in [0.3, 0.4) is 0 Å². The predicted molar refractivity (Wildman–Crippen MR) is 70.3 cm³/mol. The van der Waals surface area contributed by atoms with Crippen molar-refractivity contribution in [1.82, 2.24) is 0 Å². The van der Waals surface area contributed by atoms with Crippen molar-refractivity contribution < 1.29 is 14.7 Å². The van der Waals surface area contributed by atoms with Crippen LogP contribution in [0.1, 0.15) is 25.7 Å². The number of carboxylic acids is 1. The van der Waals surface area contributed by atoms with Gasteiger partial charge in [0.15, 0.2) is 0 Å². The van der Waals surface area contributed by atoms with E-state index >= 15 is 0 Å². The van der Waals surface area contributed by atoms with E-state index < -0.39 is 5.97 Å². The zero-order valence-corrected chi connectivity index (χ0v) is 10.7. The first-order valence-corrected chi connectivity index (χ1v) is 6.30. The van der Waals surface area contributed by atoms with Crippen LogP contribution in [0.5, 0.6) is 0 Å². The Morgan fingerprint density at radius 2 is 1.89 bits per heavy atom. The second-order valence-electron chi connectivity index (χ2n) is 3.99. The van der Waals surface area contributed by atoms with E-state index in [9.17, 15) is 9.59 Å². The maximum Gasteiger partial charge on any atom is 0.308 e. The van der Waals surface area contributed by atoms with E-state index in [2.05, 4.69) is 0 Å². The van der Waals surface area contributed by atoms with Crippen molar-refractivity contribution in [2.24, 2.45) is 0 Å². The molecule has 0 aliphatic carbocycles. The average molecular weight is 260 g/mol. The van der Waals surface area contributed by atoms with Crippen LogP contribution in [0.25, 0.3) is 0 Å². The van der Waals surface area contributed by atoms with Gasteiger partial charge in [-0.25, -0.2) is 0 Å². The Morgan fingerprint density at radius 1 is 1.22 bits per heavy atom. The monoisotopic (exact) mass is 260 g/mol. The quantitative estimate of drug-likeness (QED) is 0.860. The summed E-state index contributed by atoms with van der Waals surface area (Å²) < 4.78 is 0. The molecule has 0 radical (unpaired) electrons. The fourth-order valence-electron chi connectivity index (χ4n) is 1.73. The third-order valence-electron chi connectivity index (χ3n) is 2.54. The van der Waals surface area contributed by atoms with Crippen molar-refractivity contribution in [2.75, 3.05) is 0 Å². The summed E-state index contributed by atoms with van der Waals surface area (Å²) in [6, 6.07) is 10.8. The SMILES string of the molecule is Cc1cc(CC(=O)O)sc1C(=O)c1ccccc1. The lowest BCUT2D eigenvalue weighted by atomic mass is 10.1. The number of carboxylic acid groups (broad SMARTS) is 1. The number of ketones is 1. The molecule has 2 rings (SSSR count). The van der Waals surface area contributed by atoms with Gasteiger partial charge in [0.25, 0.3) is 0 Å². The van der Waals surface area contributed by atoms with Gasteiger partial charge in [-0.1, -0.05) is 30.3 Å². The zero-order chi connectivity index (χ0) is 13.1. The first-order valence-electron chi connectivity index (χ1n) is 5.49. The van der Waals surface area contributed by atoms with Gasteiger partial charge in [-0.05, 0) is 18.6 Å². The van der Waals surface area contributed by atoms with Crippen LogP contribution in [-0.2, 0) is 11.2 Å². The highest BCUT2D eigenvalue weighted by Crippen LogP contribution is 2.25. The molecule has 92 valence electrons. The second-order valence-corrected chi connectivity index (χ2v) is 5.13. The molecule has 0 saturated carbocycles. The Balaban J connectivity index is 2.31. The van der Waals surface area contributed by atoms with Gasteiger partial charge in [-0.2, -0.15) is 0 Å². The van der Waals surface area contributed by atoms with Crippen molar-refractivity contribution in [3.8, 4) is 0 Å². The topological polar surface area (TPSA) is 54.4 Å². The van der Waals surface area contributed by atoms with Crippen molar-refractivity contribution in [2.45, 2.75) is 13.3 Å². The molecule has 2 aromatic rings. The van der Waals surface area contributed by atoms with Gasteiger partial charge in [-0.3, -0.25) is 9.59 Å². The average Bonchev–Trinajstić information content (AvgIpc) is 2.69. The third kappa shape index (κ3) is 2.65. The van der Waals surface area contributed by atoms with Gasteiger partial charge < -0.3 is 5.11 Å². The molecule has 0 spiro atoms. The Morgan fingerprint density at radius 3 is 2.50 bits per heavy atom. The van der Waals surface area contributed by atoms with Gasteiger partial charge in [0.2, 0.25) is 5.78 Å². The van der Waals surface area contributed by atoms with E-state index in [0.717, 1.165) is 5.56 Å². The number of hydrogen-bond acceptors (Lipinski definition) is 3. The minimum atomic E-state index is -0.880. The van der Waals surface area contributed by atoms with E-state index in [1.165, 1.54) is 11.3 Å². The number of aliphatic carboxylic acids is 1. The van der Waals surface area contributed by atoms with E-state index in [0.29, 0.717) is 15.3 Å². The molecule has 1 heterocycles. The maximum atomic E-state index is 12.2. The predicted octanol–water partition coefficient (Wildman–Crippen LogP) is 2.91. The highest BCUT2D eigenvalue weighted by molar-refractivity contribution is 7.14. The molecule has 1 aromatic carbocycles. The molecule has 0 aliphatic rings. The third-order valence-corrected chi connectivity index (χ3v) is 3.77. The minimum absolute atomic E-state index is 0.0342. The van der Waals surface area contributed by atoms with Crippen LogP contribution in [0.2, 0.25) is 0 Å². The van der Waals surface area contributed by atoms with Crippen LogP contribution in [-0.4, -0.2) is 16.9 Å². The summed E-state index contributed by atoms with van der Waals surface area (Å²) >= 11 is 1.26. The van der Waals surface area contributed by atoms with Crippen molar-refractivity contribution in [1.29, 1.82) is 0 Å². The number of benzene rings is 1. The molecule has 3 nitrogen and oxygen atoms in total. The minimum Gasteiger partial charge on any atom is -0.481 e. The lowest BCUT2D eigenvalue weighted by molar-refractivity contribution is -0.136. The van der Waals surface area contributed by atoms with Gasteiger partial charge in [-0.15, -0.1) is 11.3 Å².